The number of nitrogens with zero attached hydrogens (tertiary/aromatic N) is 3. The van der Waals surface area contributed by atoms with Crippen molar-refractivity contribution < 1.29 is 13.2 Å². The Kier molecular flexibility index (Phi) is 6.85. The maximum absolute atomic E-state index is 12.6. The molecule has 0 spiro atoms. The second kappa shape index (κ2) is 9.34. The number of nitrogens with one attached hydrogen (secondary N) is 1. The van der Waals surface area contributed by atoms with Crippen LogP contribution in [0.25, 0.3) is 0 Å². The number of ether oxygens (including phenoxy) is 1. The molecule has 152 valence electrons. The van der Waals surface area contributed by atoms with Gasteiger partial charge in [0.05, 0.1) is 17.7 Å². The maximum atomic E-state index is 12.6. The molecule has 1 saturated heterocycles. The van der Waals surface area contributed by atoms with E-state index in [-0.39, 0.29) is 4.90 Å². The molecule has 1 fully saturated rings. The molecule has 0 amide bonds. The summed E-state index contributed by atoms with van der Waals surface area (Å²) < 4.78 is 33.5. The Balaban J connectivity index is 1.49. The zero-order chi connectivity index (χ0) is 20.0. The van der Waals surface area contributed by atoms with Crippen molar-refractivity contribution in [2.24, 2.45) is 11.8 Å². The van der Waals surface area contributed by atoms with Crippen LogP contribution in [0, 0.1) is 11.8 Å². The fraction of sp³-hybridized carbons (Fsp3) is 0.500. The average Bonchev–Trinajstić information content (AvgIpc) is 2.72. The van der Waals surface area contributed by atoms with E-state index in [9.17, 15) is 8.42 Å². The lowest BCUT2D eigenvalue weighted by Crippen LogP contribution is -2.39. The number of hydrogen-bond acceptors (Lipinski definition) is 6. The molecule has 0 saturated carbocycles. The average molecular weight is 405 g/mol. The van der Waals surface area contributed by atoms with Crippen LogP contribution in [0.3, 0.4) is 0 Å². The van der Waals surface area contributed by atoms with Gasteiger partial charge in [0.2, 0.25) is 10.0 Å². The highest BCUT2D eigenvalue weighted by molar-refractivity contribution is 7.89. The Labute approximate surface area is 167 Å². The van der Waals surface area contributed by atoms with Crippen LogP contribution in [0.4, 0.5) is 5.82 Å². The molecule has 28 heavy (non-hydrogen) atoms. The molecule has 1 aliphatic rings. The molecule has 0 bridgehead atoms. The summed E-state index contributed by atoms with van der Waals surface area (Å²) in [4.78, 5) is 10.9. The summed E-state index contributed by atoms with van der Waals surface area (Å²) in [6.07, 6.45) is 6.95. The maximum Gasteiger partial charge on any atom is 0.240 e. The normalized spacial score (nSPS) is 15.8. The van der Waals surface area contributed by atoms with Gasteiger partial charge in [-0.25, -0.2) is 18.1 Å². The van der Waals surface area contributed by atoms with Gasteiger partial charge in [0.25, 0.3) is 0 Å². The number of anilines is 1. The first kappa shape index (κ1) is 20.5. The van der Waals surface area contributed by atoms with Crippen LogP contribution < -0.4 is 14.4 Å². The summed E-state index contributed by atoms with van der Waals surface area (Å²) in [7, 11) is -3.51. The number of sulfonamides is 1. The van der Waals surface area contributed by atoms with Gasteiger partial charge in [0, 0.05) is 32.0 Å². The summed E-state index contributed by atoms with van der Waals surface area (Å²) in [5.74, 6) is 2.30. The number of benzene rings is 1. The fourth-order valence-electron chi connectivity index (χ4n) is 3.11. The van der Waals surface area contributed by atoms with Gasteiger partial charge in [-0.1, -0.05) is 13.8 Å². The van der Waals surface area contributed by atoms with Gasteiger partial charge in [-0.2, -0.15) is 0 Å². The van der Waals surface area contributed by atoms with Crippen molar-refractivity contribution in [1.29, 1.82) is 0 Å². The van der Waals surface area contributed by atoms with Gasteiger partial charge in [0.15, 0.2) is 0 Å². The quantitative estimate of drug-likeness (QED) is 0.728. The van der Waals surface area contributed by atoms with E-state index in [1.807, 2.05) is 0 Å². The van der Waals surface area contributed by atoms with E-state index < -0.39 is 10.0 Å². The molecule has 1 aliphatic heterocycles. The third-order valence-electron chi connectivity index (χ3n) is 4.77. The SMILES string of the molecule is CC(C)COc1ccc(S(=O)(=O)NCC2CCN(c3cnccn3)CC2)cc1. The number of aromatic nitrogens is 2. The summed E-state index contributed by atoms with van der Waals surface area (Å²) in [5.41, 5.74) is 0. The number of piperidine rings is 1. The van der Waals surface area contributed by atoms with Gasteiger partial charge in [-0.05, 0) is 48.9 Å². The minimum atomic E-state index is -3.51. The Bertz CT molecular complexity index is 834. The molecule has 0 aliphatic carbocycles. The van der Waals surface area contributed by atoms with Crippen LogP contribution in [-0.2, 0) is 10.0 Å². The standard InChI is InChI=1S/C20H28N4O3S/c1-16(2)15-27-18-3-5-19(6-4-18)28(25,26)23-13-17-7-11-24(12-8-17)20-14-21-9-10-22-20/h3-6,9-10,14,16-17,23H,7-8,11-13,15H2,1-2H3. The third kappa shape index (κ3) is 5.65. The minimum absolute atomic E-state index is 0.265. The van der Waals surface area contributed by atoms with Crippen molar-refractivity contribution in [2.75, 3.05) is 31.1 Å². The predicted octanol–water partition coefficient (Wildman–Crippen LogP) is 2.71. The van der Waals surface area contributed by atoms with Crippen molar-refractivity contribution >= 4 is 15.8 Å². The van der Waals surface area contributed by atoms with E-state index in [0.717, 1.165) is 31.7 Å². The largest absolute Gasteiger partial charge is 0.493 e. The minimum Gasteiger partial charge on any atom is -0.493 e. The molecule has 3 rings (SSSR count). The smallest absolute Gasteiger partial charge is 0.240 e. The predicted molar refractivity (Wildman–Crippen MR) is 109 cm³/mol. The molecule has 0 radical (unpaired) electrons. The van der Waals surface area contributed by atoms with E-state index in [0.29, 0.717) is 30.7 Å². The Morgan fingerprint density at radius 1 is 1.18 bits per heavy atom. The topological polar surface area (TPSA) is 84.4 Å². The highest BCUT2D eigenvalue weighted by Crippen LogP contribution is 2.22. The van der Waals surface area contributed by atoms with E-state index >= 15 is 0 Å². The van der Waals surface area contributed by atoms with Crippen molar-refractivity contribution in [3.8, 4) is 5.75 Å². The molecule has 2 heterocycles. The van der Waals surface area contributed by atoms with Crippen molar-refractivity contribution in [1.82, 2.24) is 14.7 Å². The Morgan fingerprint density at radius 2 is 1.89 bits per heavy atom. The highest BCUT2D eigenvalue weighted by Gasteiger charge is 2.22. The second-order valence-electron chi connectivity index (χ2n) is 7.52. The zero-order valence-electron chi connectivity index (χ0n) is 16.4. The van der Waals surface area contributed by atoms with Crippen LogP contribution in [0.5, 0.6) is 5.75 Å². The molecule has 1 aromatic carbocycles. The van der Waals surface area contributed by atoms with E-state index in [1.165, 1.54) is 0 Å². The van der Waals surface area contributed by atoms with E-state index in [2.05, 4.69) is 33.4 Å². The van der Waals surface area contributed by atoms with E-state index in [1.54, 1.807) is 42.9 Å². The first-order valence-corrected chi connectivity index (χ1v) is 11.2. The number of hydrogen-bond donors (Lipinski definition) is 1. The number of rotatable bonds is 8. The first-order chi connectivity index (χ1) is 13.4. The monoisotopic (exact) mass is 404 g/mol. The van der Waals surface area contributed by atoms with Crippen molar-refractivity contribution in [2.45, 2.75) is 31.6 Å². The van der Waals surface area contributed by atoms with Crippen LogP contribution in [0.15, 0.2) is 47.8 Å². The van der Waals surface area contributed by atoms with Crippen LogP contribution >= 0.6 is 0 Å². The summed E-state index contributed by atoms with van der Waals surface area (Å²) in [5, 5.41) is 0. The molecule has 2 aromatic rings. The van der Waals surface area contributed by atoms with Crippen molar-refractivity contribution in [3.05, 3.63) is 42.9 Å². The van der Waals surface area contributed by atoms with Gasteiger partial charge in [-0.15, -0.1) is 0 Å². The summed E-state index contributed by atoms with van der Waals surface area (Å²) in [6.45, 7) is 6.90. The van der Waals surface area contributed by atoms with Crippen LogP contribution in [0.1, 0.15) is 26.7 Å². The summed E-state index contributed by atoms with van der Waals surface area (Å²) >= 11 is 0. The third-order valence-corrected chi connectivity index (χ3v) is 6.21. The van der Waals surface area contributed by atoms with Crippen LogP contribution in [0.2, 0.25) is 0 Å². The molecule has 1 N–H and O–H groups in total. The molecular weight excluding hydrogens is 376 g/mol. The van der Waals surface area contributed by atoms with Gasteiger partial charge < -0.3 is 9.64 Å². The molecule has 0 atom stereocenters. The fourth-order valence-corrected chi connectivity index (χ4v) is 4.23. The van der Waals surface area contributed by atoms with Gasteiger partial charge in [0.1, 0.15) is 11.6 Å². The van der Waals surface area contributed by atoms with E-state index in [4.69, 9.17) is 4.74 Å². The van der Waals surface area contributed by atoms with Crippen molar-refractivity contribution in [3.63, 3.8) is 0 Å². The molecule has 8 heteroatoms. The molecule has 0 unspecified atom stereocenters. The second-order valence-corrected chi connectivity index (χ2v) is 9.29. The first-order valence-electron chi connectivity index (χ1n) is 9.67. The Morgan fingerprint density at radius 3 is 2.50 bits per heavy atom. The molecular formula is C20H28N4O3S. The Hall–Kier alpha value is -2.19. The lowest BCUT2D eigenvalue weighted by molar-refractivity contribution is 0.271. The van der Waals surface area contributed by atoms with Crippen LogP contribution in [-0.4, -0.2) is 44.6 Å². The van der Waals surface area contributed by atoms with Gasteiger partial charge in [-0.3, -0.25) is 4.98 Å². The highest BCUT2D eigenvalue weighted by atomic mass is 32.2. The molecule has 7 nitrogen and oxygen atoms in total. The van der Waals surface area contributed by atoms with Gasteiger partial charge >= 0.3 is 0 Å². The lowest BCUT2D eigenvalue weighted by atomic mass is 9.97. The lowest BCUT2D eigenvalue weighted by Gasteiger charge is -2.32. The summed E-state index contributed by atoms with van der Waals surface area (Å²) in [6, 6.07) is 6.59. The zero-order valence-corrected chi connectivity index (χ0v) is 17.2. The molecule has 1 aromatic heterocycles.